The van der Waals surface area contributed by atoms with Crippen LogP contribution >= 0.6 is 0 Å². The predicted molar refractivity (Wildman–Crippen MR) is 152 cm³/mol. The monoisotopic (exact) mass is 578 g/mol. The number of alkyl halides is 3. The molecule has 1 aromatic carbocycles. The van der Waals surface area contributed by atoms with Crippen LogP contribution in [0.5, 0.6) is 5.88 Å². The summed E-state index contributed by atoms with van der Waals surface area (Å²) in [5, 5.41) is 12.5. The van der Waals surface area contributed by atoms with Gasteiger partial charge >= 0.3 is 12.2 Å². The third-order valence-corrected chi connectivity index (χ3v) is 6.91. The van der Waals surface area contributed by atoms with Crippen molar-refractivity contribution in [2.45, 2.75) is 19.6 Å². The number of halogens is 3. The van der Waals surface area contributed by atoms with Crippen molar-refractivity contribution in [1.29, 1.82) is 0 Å². The summed E-state index contributed by atoms with van der Waals surface area (Å²) < 4.78 is 47.0. The average Bonchev–Trinajstić information content (AvgIpc) is 3.39. The van der Waals surface area contributed by atoms with Crippen LogP contribution in [0.3, 0.4) is 0 Å². The molecule has 0 saturated carbocycles. The molecule has 0 unspecified atom stereocenters. The first-order chi connectivity index (χ1) is 20.2. The Hall–Kier alpha value is -4.67. The number of aromatic amines is 1. The molecule has 0 bridgehead atoms. The van der Waals surface area contributed by atoms with E-state index in [0.717, 1.165) is 25.7 Å². The van der Waals surface area contributed by atoms with Crippen molar-refractivity contribution >= 4 is 28.6 Å². The molecule has 42 heavy (non-hydrogen) atoms. The fourth-order valence-electron chi connectivity index (χ4n) is 4.66. The van der Waals surface area contributed by atoms with Crippen LogP contribution in [0.2, 0.25) is 0 Å². The number of methoxy groups -OCH3 is 1. The SMILES string of the molecule is CCN1CCN(Cc2ccc(NC(=O)Nc3cc(C#Cc4cnc5[nH]nc(OC)c5c4)ccn3)cc2C(F)(F)F)CC1. The van der Waals surface area contributed by atoms with Gasteiger partial charge in [0.1, 0.15) is 5.82 Å². The molecule has 1 aliphatic rings. The fraction of sp³-hybridized carbons (Fsp3) is 0.310. The number of carbonyl (C=O) groups excluding carboxylic acids is 1. The van der Waals surface area contributed by atoms with Crippen molar-refractivity contribution in [3.8, 4) is 17.7 Å². The number of amides is 2. The van der Waals surface area contributed by atoms with Gasteiger partial charge in [0.15, 0.2) is 5.65 Å². The summed E-state index contributed by atoms with van der Waals surface area (Å²) >= 11 is 0. The summed E-state index contributed by atoms with van der Waals surface area (Å²) in [6.45, 7) is 6.24. The van der Waals surface area contributed by atoms with E-state index in [0.29, 0.717) is 41.1 Å². The van der Waals surface area contributed by atoms with E-state index in [1.165, 1.54) is 25.4 Å². The maximum absolute atomic E-state index is 13.9. The number of piperazine rings is 1. The van der Waals surface area contributed by atoms with E-state index in [1.807, 2.05) is 4.90 Å². The Bertz CT molecular complexity index is 1640. The lowest BCUT2D eigenvalue weighted by atomic mass is 10.0. The predicted octanol–water partition coefficient (Wildman–Crippen LogP) is 4.56. The highest BCUT2D eigenvalue weighted by Crippen LogP contribution is 2.34. The Labute approximate surface area is 240 Å². The number of aromatic nitrogens is 4. The van der Waals surface area contributed by atoms with Gasteiger partial charge in [0.2, 0.25) is 5.88 Å². The number of fused-ring (bicyclic) bond motifs is 1. The minimum atomic E-state index is -4.56. The van der Waals surface area contributed by atoms with Gasteiger partial charge < -0.3 is 15.0 Å². The number of likely N-dealkylation sites (N-methyl/N-ethyl adjacent to an activating group) is 1. The molecule has 0 radical (unpaired) electrons. The summed E-state index contributed by atoms with van der Waals surface area (Å²) in [5.41, 5.74) is 1.18. The number of nitrogens with one attached hydrogen (secondary N) is 3. The van der Waals surface area contributed by atoms with E-state index in [4.69, 9.17) is 4.74 Å². The summed E-state index contributed by atoms with van der Waals surface area (Å²) in [5.74, 6) is 6.57. The molecular weight excluding hydrogens is 549 g/mol. The van der Waals surface area contributed by atoms with Gasteiger partial charge in [-0.2, -0.15) is 13.2 Å². The summed E-state index contributed by atoms with van der Waals surface area (Å²) in [6, 6.07) is 8.14. The van der Waals surface area contributed by atoms with E-state index < -0.39 is 17.8 Å². The fourth-order valence-corrected chi connectivity index (χ4v) is 4.66. The lowest BCUT2D eigenvalue weighted by Gasteiger charge is -2.34. The molecule has 4 heterocycles. The smallest absolute Gasteiger partial charge is 0.416 e. The molecular formula is C29H29F3N8O2. The van der Waals surface area contributed by atoms with E-state index in [1.54, 1.807) is 24.4 Å². The number of nitrogens with zero attached hydrogens (tertiary/aromatic N) is 5. The highest BCUT2D eigenvalue weighted by Gasteiger charge is 2.34. The molecule has 13 heteroatoms. The zero-order valence-electron chi connectivity index (χ0n) is 23.0. The zero-order chi connectivity index (χ0) is 29.7. The Morgan fingerprint density at radius 1 is 1.02 bits per heavy atom. The minimum absolute atomic E-state index is 0.0212. The van der Waals surface area contributed by atoms with Gasteiger partial charge in [0.05, 0.1) is 18.1 Å². The van der Waals surface area contributed by atoms with Crippen LogP contribution in [0.4, 0.5) is 29.5 Å². The van der Waals surface area contributed by atoms with E-state index in [2.05, 4.69) is 54.5 Å². The van der Waals surface area contributed by atoms with Gasteiger partial charge in [0.25, 0.3) is 0 Å². The summed E-state index contributed by atoms with van der Waals surface area (Å²) in [4.78, 5) is 25.3. The molecule has 3 aromatic heterocycles. The number of rotatable bonds is 6. The van der Waals surface area contributed by atoms with Gasteiger partial charge in [-0.15, -0.1) is 5.10 Å². The third kappa shape index (κ3) is 6.96. The van der Waals surface area contributed by atoms with Crippen LogP contribution in [0.25, 0.3) is 11.0 Å². The molecule has 0 spiro atoms. The number of anilines is 2. The van der Waals surface area contributed by atoms with Crippen LogP contribution in [0, 0.1) is 11.8 Å². The van der Waals surface area contributed by atoms with Crippen molar-refractivity contribution in [2.75, 3.05) is 50.5 Å². The molecule has 1 fully saturated rings. The maximum Gasteiger partial charge on any atom is 0.416 e. The van der Waals surface area contributed by atoms with Crippen LogP contribution in [0.15, 0.2) is 48.8 Å². The molecule has 0 atom stereocenters. The largest absolute Gasteiger partial charge is 0.479 e. The van der Waals surface area contributed by atoms with E-state index in [9.17, 15) is 18.0 Å². The van der Waals surface area contributed by atoms with Gasteiger partial charge in [-0.25, -0.2) is 14.8 Å². The summed E-state index contributed by atoms with van der Waals surface area (Å²) in [7, 11) is 1.51. The van der Waals surface area contributed by atoms with Crippen molar-refractivity contribution < 1.29 is 22.7 Å². The molecule has 2 amide bonds. The van der Waals surface area contributed by atoms with Crippen LogP contribution < -0.4 is 15.4 Å². The van der Waals surface area contributed by atoms with Gasteiger partial charge in [-0.05, 0) is 42.4 Å². The van der Waals surface area contributed by atoms with Crippen molar-refractivity contribution in [2.24, 2.45) is 0 Å². The molecule has 0 aliphatic carbocycles. The second kappa shape index (κ2) is 12.5. The Kier molecular flexibility index (Phi) is 8.56. The first-order valence-corrected chi connectivity index (χ1v) is 13.3. The van der Waals surface area contributed by atoms with Gasteiger partial charge in [-0.1, -0.05) is 24.8 Å². The lowest BCUT2D eigenvalue weighted by molar-refractivity contribution is -0.138. The number of pyridine rings is 2. The molecule has 4 aromatic rings. The Morgan fingerprint density at radius 3 is 2.52 bits per heavy atom. The summed E-state index contributed by atoms with van der Waals surface area (Å²) in [6.07, 6.45) is -1.50. The number of benzene rings is 1. The first-order valence-electron chi connectivity index (χ1n) is 13.3. The zero-order valence-corrected chi connectivity index (χ0v) is 23.0. The van der Waals surface area contributed by atoms with Crippen molar-refractivity contribution in [1.82, 2.24) is 30.0 Å². The normalized spacial score (nSPS) is 14.3. The molecule has 5 rings (SSSR count). The van der Waals surface area contributed by atoms with E-state index >= 15 is 0 Å². The highest BCUT2D eigenvalue weighted by atomic mass is 19.4. The first kappa shape index (κ1) is 28.8. The number of urea groups is 1. The average molecular weight is 579 g/mol. The van der Waals surface area contributed by atoms with Crippen LogP contribution in [-0.4, -0.2) is 75.8 Å². The lowest BCUT2D eigenvalue weighted by Crippen LogP contribution is -2.45. The molecule has 218 valence electrons. The molecule has 1 aliphatic heterocycles. The van der Waals surface area contributed by atoms with Crippen molar-refractivity contribution in [3.05, 3.63) is 71.0 Å². The highest BCUT2D eigenvalue weighted by molar-refractivity contribution is 5.99. The number of carbonyl (C=O) groups is 1. The number of hydrogen-bond donors (Lipinski definition) is 3. The number of hydrogen-bond acceptors (Lipinski definition) is 7. The Balaban J connectivity index is 1.25. The molecule has 1 saturated heterocycles. The molecule has 3 N–H and O–H groups in total. The number of H-pyrrole nitrogens is 1. The van der Waals surface area contributed by atoms with E-state index in [-0.39, 0.29) is 23.6 Å². The third-order valence-electron chi connectivity index (χ3n) is 6.91. The molecule has 10 nitrogen and oxygen atoms in total. The second-order valence-corrected chi connectivity index (χ2v) is 9.69. The Morgan fingerprint density at radius 2 is 1.79 bits per heavy atom. The number of ether oxygens (including phenoxy) is 1. The topological polar surface area (TPSA) is 111 Å². The standard InChI is InChI=1S/C29H29F3N8O2/c1-3-39-10-12-40(13-11-39)18-21-6-7-22(16-24(21)29(30,31)32)35-28(41)36-25-15-19(8-9-33-25)4-5-20-14-23-26(34-17-20)37-38-27(23)42-2/h6-9,14-17H,3,10-13,18H2,1-2H3,(H,34,37,38)(H2,33,35,36,41). The van der Waals surface area contributed by atoms with Crippen LogP contribution in [0.1, 0.15) is 29.2 Å². The minimum Gasteiger partial charge on any atom is -0.479 e. The van der Waals surface area contributed by atoms with Gasteiger partial charge in [0, 0.05) is 61.9 Å². The van der Waals surface area contributed by atoms with Gasteiger partial charge in [-0.3, -0.25) is 15.3 Å². The maximum atomic E-state index is 13.9. The van der Waals surface area contributed by atoms with Crippen molar-refractivity contribution in [3.63, 3.8) is 0 Å². The van der Waals surface area contributed by atoms with Crippen LogP contribution in [-0.2, 0) is 12.7 Å². The second-order valence-electron chi connectivity index (χ2n) is 9.69. The quantitative estimate of drug-likeness (QED) is 0.288.